The summed E-state index contributed by atoms with van der Waals surface area (Å²) in [6.07, 6.45) is 19.8. The average Bonchev–Trinajstić information content (AvgIpc) is 3.32. The number of likely N-dealkylation sites (tertiary alicyclic amines) is 2. The molecule has 2 unspecified atom stereocenters. The monoisotopic (exact) mass is 498 g/mol. The van der Waals surface area contributed by atoms with Crippen molar-refractivity contribution in [1.82, 2.24) is 19.8 Å². The van der Waals surface area contributed by atoms with E-state index in [2.05, 4.69) is 38.0 Å². The molecule has 0 bridgehead atoms. The minimum atomic E-state index is 0.358. The lowest BCUT2D eigenvalue weighted by molar-refractivity contribution is -0.133. The Morgan fingerprint density at radius 3 is 2.56 bits per heavy atom. The van der Waals surface area contributed by atoms with Gasteiger partial charge in [-0.3, -0.25) is 9.69 Å². The molecule has 4 rings (SSSR count). The summed E-state index contributed by atoms with van der Waals surface area (Å²) >= 11 is 0. The van der Waals surface area contributed by atoms with E-state index in [0.717, 1.165) is 76.7 Å². The number of hydrogen-bond donors (Lipinski definition) is 1. The largest absolute Gasteiger partial charge is 0.356 e. The van der Waals surface area contributed by atoms with E-state index < -0.39 is 0 Å². The molecule has 1 aromatic heterocycles. The molecule has 7 nitrogen and oxygen atoms in total. The average molecular weight is 499 g/mol. The topological polar surface area (TPSA) is 64.6 Å². The van der Waals surface area contributed by atoms with E-state index in [1.54, 1.807) is 0 Å². The summed E-state index contributed by atoms with van der Waals surface area (Å²) in [5, 5.41) is 3.69. The zero-order chi connectivity index (χ0) is 25.0. The Morgan fingerprint density at radius 1 is 0.917 bits per heavy atom. The third kappa shape index (κ3) is 8.32. The second-order valence-corrected chi connectivity index (χ2v) is 11.3. The van der Waals surface area contributed by atoms with Crippen LogP contribution in [0.15, 0.2) is 12.3 Å². The van der Waals surface area contributed by atoms with Crippen LogP contribution in [0.2, 0.25) is 0 Å². The van der Waals surface area contributed by atoms with E-state index in [1.165, 1.54) is 70.6 Å². The number of carbonyl (C=O) groups excluding carboxylic acids is 1. The molecule has 3 aliphatic rings. The number of rotatable bonds is 10. The van der Waals surface area contributed by atoms with Gasteiger partial charge in [0.05, 0.1) is 0 Å². The first kappa shape index (κ1) is 27.2. The van der Waals surface area contributed by atoms with Gasteiger partial charge in [-0.2, -0.15) is 4.98 Å². The lowest BCUT2D eigenvalue weighted by Crippen LogP contribution is -2.51. The molecule has 0 saturated carbocycles. The Kier molecular flexibility index (Phi) is 11.1. The molecule has 4 heterocycles. The quantitative estimate of drug-likeness (QED) is 0.431. The summed E-state index contributed by atoms with van der Waals surface area (Å²) < 4.78 is 0. The zero-order valence-electron chi connectivity index (χ0n) is 22.8. The van der Waals surface area contributed by atoms with Crippen LogP contribution in [-0.4, -0.2) is 77.0 Å². The van der Waals surface area contributed by atoms with Gasteiger partial charge >= 0.3 is 0 Å². The molecule has 7 heteroatoms. The maximum absolute atomic E-state index is 12.9. The number of anilines is 2. The van der Waals surface area contributed by atoms with Gasteiger partial charge < -0.3 is 15.1 Å². The van der Waals surface area contributed by atoms with Crippen LogP contribution >= 0.6 is 0 Å². The van der Waals surface area contributed by atoms with E-state index in [1.807, 2.05) is 6.20 Å². The number of aromatic nitrogens is 2. The molecule has 1 amide bonds. The third-order valence-corrected chi connectivity index (χ3v) is 8.37. The highest BCUT2D eigenvalue weighted by atomic mass is 16.2. The summed E-state index contributed by atoms with van der Waals surface area (Å²) in [4.78, 5) is 29.6. The molecule has 1 N–H and O–H groups in total. The lowest BCUT2D eigenvalue weighted by atomic mass is 10.0. The van der Waals surface area contributed by atoms with Crippen molar-refractivity contribution < 1.29 is 4.79 Å². The molecule has 2 atom stereocenters. The van der Waals surface area contributed by atoms with Gasteiger partial charge in [0.1, 0.15) is 5.82 Å². The van der Waals surface area contributed by atoms with E-state index in [9.17, 15) is 4.79 Å². The number of hydrogen-bond acceptors (Lipinski definition) is 6. The minimum absolute atomic E-state index is 0.358. The molecule has 202 valence electrons. The summed E-state index contributed by atoms with van der Waals surface area (Å²) in [5.41, 5.74) is 0. The van der Waals surface area contributed by atoms with Crippen molar-refractivity contribution in [2.24, 2.45) is 0 Å². The van der Waals surface area contributed by atoms with Crippen molar-refractivity contribution in [2.45, 2.75) is 115 Å². The predicted molar refractivity (Wildman–Crippen MR) is 149 cm³/mol. The number of nitrogens with one attached hydrogen (secondary N) is 1. The number of piperidine rings is 1. The molecule has 3 saturated heterocycles. The smallest absolute Gasteiger partial charge is 0.224 e. The highest BCUT2D eigenvalue weighted by Gasteiger charge is 2.30. The fraction of sp³-hybridized carbons (Fsp3) is 0.828. The number of nitrogens with zero attached hydrogens (tertiary/aromatic N) is 5. The van der Waals surface area contributed by atoms with Gasteiger partial charge in [-0.1, -0.05) is 51.9 Å². The van der Waals surface area contributed by atoms with E-state index >= 15 is 0 Å². The van der Waals surface area contributed by atoms with Crippen molar-refractivity contribution in [3.8, 4) is 0 Å². The predicted octanol–water partition coefficient (Wildman–Crippen LogP) is 5.47. The Balaban J connectivity index is 1.29. The second-order valence-electron chi connectivity index (χ2n) is 11.3. The fourth-order valence-corrected chi connectivity index (χ4v) is 6.22. The van der Waals surface area contributed by atoms with Crippen molar-refractivity contribution in [1.29, 1.82) is 0 Å². The van der Waals surface area contributed by atoms with Gasteiger partial charge in [0, 0.05) is 57.4 Å². The van der Waals surface area contributed by atoms with Crippen LogP contribution in [0.4, 0.5) is 11.8 Å². The molecule has 0 aromatic carbocycles. The van der Waals surface area contributed by atoms with Gasteiger partial charge in [-0.05, 0) is 57.6 Å². The summed E-state index contributed by atoms with van der Waals surface area (Å²) in [7, 11) is 0. The summed E-state index contributed by atoms with van der Waals surface area (Å²) in [6.45, 7) is 8.44. The van der Waals surface area contributed by atoms with E-state index in [4.69, 9.17) is 4.98 Å². The molecule has 3 fully saturated rings. The molecule has 0 aliphatic carbocycles. The van der Waals surface area contributed by atoms with Crippen molar-refractivity contribution in [3.05, 3.63) is 12.3 Å². The molecular weight excluding hydrogens is 448 g/mol. The van der Waals surface area contributed by atoms with Crippen LogP contribution in [0.5, 0.6) is 0 Å². The van der Waals surface area contributed by atoms with E-state index in [-0.39, 0.29) is 0 Å². The standard InChI is InChI=1S/C29H50N6O/c1-2-3-4-5-8-16-28(36)35-22-13-15-26(24-35)34-21-12-9-14-25(23-34)31-29-30-18-17-27(32-29)33-19-10-6-7-11-20-33/h17-18,25-26H,2-16,19-24H2,1H3,(H,30,31,32). The second kappa shape index (κ2) is 14.7. The van der Waals surface area contributed by atoms with Crippen LogP contribution in [0.25, 0.3) is 0 Å². The van der Waals surface area contributed by atoms with Gasteiger partial charge in [0.25, 0.3) is 0 Å². The van der Waals surface area contributed by atoms with Crippen molar-refractivity contribution >= 4 is 17.7 Å². The van der Waals surface area contributed by atoms with Crippen molar-refractivity contribution in [2.75, 3.05) is 49.5 Å². The molecule has 36 heavy (non-hydrogen) atoms. The Labute approximate surface area is 219 Å². The maximum atomic E-state index is 12.9. The fourth-order valence-electron chi connectivity index (χ4n) is 6.22. The first-order chi connectivity index (χ1) is 17.7. The Hall–Kier alpha value is -1.89. The minimum Gasteiger partial charge on any atom is -0.356 e. The molecular formula is C29H50N6O. The first-order valence-corrected chi connectivity index (χ1v) is 15.1. The van der Waals surface area contributed by atoms with Crippen LogP contribution in [0.3, 0.4) is 0 Å². The zero-order valence-corrected chi connectivity index (χ0v) is 22.8. The normalized spacial score (nSPS) is 24.2. The summed E-state index contributed by atoms with van der Waals surface area (Å²) in [5.74, 6) is 2.21. The molecule has 1 aromatic rings. The van der Waals surface area contributed by atoms with Gasteiger partial charge in [0.2, 0.25) is 11.9 Å². The van der Waals surface area contributed by atoms with Gasteiger partial charge in [-0.15, -0.1) is 0 Å². The maximum Gasteiger partial charge on any atom is 0.224 e. The van der Waals surface area contributed by atoms with Crippen LogP contribution < -0.4 is 10.2 Å². The lowest BCUT2D eigenvalue weighted by Gasteiger charge is -2.40. The van der Waals surface area contributed by atoms with E-state index in [0.29, 0.717) is 18.0 Å². The number of amides is 1. The number of unbranched alkanes of at least 4 members (excludes halogenated alkanes) is 4. The van der Waals surface area contributed by atoms with Crippen LogP contribution in [0, 0.1) is 0 Å². The highest BCUT2D eigenvalue weighted by Crippen LogP contribution is 2.23. The van der Waals surface area contributed by atoms with Gasteiger partial charge in [-0.25, -0.2) is 4.98 Å². The first-order valence-electron chi connectivity index (χ1n) is 15.1. The van der Waals surface area contributed by atoms with Crippen molar-refractivity contribution in [3.63, 3.8) is 0 Å². The number of carbonyl (C=O) groups is 1. The molecule has 0 spiro atoms. The SMILES string of the molecule is CCCCCCCC(=O)N1CCCC(N2CCCCC(Nc3nccc(N4CCCCCC4)n3)C2)C1. The highest BCUT2D eigenvalue weighted by molar-refractivity contribution is 5.76. The summed E-state index contributed by atoms with van der Waals surface area (Å²) in [6, 6.07) is 2.90. The van der Waals surface area contributed by atoms with Gasteiger partial charge in [0.15, 0.2) is 0 Å². The third-order valence-electron chi connectivity index (χ3n) is 8.37. The Morgan fingerprint density at radius 2 is 1.72 bits per heavy atom. The Bertz CT molecular complexity index is 781. The van der Waals surface area contributed by atoms with Crippen LogP contribution in [-0.2, 0) is 4.79 Å². The molecule has 3 aliphatic heterocycles. The van der Waals surface area contributed by atoms with Crippen LogP contribution in [0.1, 0.15) is 103 Å². The molecule has 0 radical (unpaired) electrons.